The van der Waals surface area contributed by atoms with Crippen LogP contribution in [0.25, 0.3) is 0 Å². The Morgan fingerprint density at radius 2 is 1.55 bits per heavy atom. The number of aliphatic hydroxyl groups is 1. The van der Waals surface area contributed by atoms with Gasteiger partial charge in [0.25, 0.3) is 6.43 Å². The number of rotatable bonds is 12. The number of β-amino-alcohol motifs (C(OH)–C–C–N with tert-alkyl or cyclic N) is 1. The highest BCUT2D eigenvalue weighted by molar-refractivity contribution is 5.55. The zero-order valence-corrected chi connectivity index (χ0v) is 24.4. The molecule has 1 unspecified atom stereocenters. The maximum Gasteiger partial charge on any atom is 0.323 e. The molecular formula is C33H27F6N5O3. The van der Waals surface area contributed by atoms with E-state index in [0.717, 1.165) is 46.9 Å². The molecule has 0 radical (unpaired) electrons. The SMILES string of the molecule is OC(CN1C=NNN1)(c1ccc(F)cc1F)C(F)(F)c1ccc(C#Cc2ccc(OCc3ccc(COCC(F)F)cc3)cc2)cn1. The van der Waals surface area contributed by atoms with Crippen LogP contribution in [0.1, 0.15) is 33.5 Å². The number of hydrazone groups is 1. The number of hydrogen-bond acceptors (Lipinski definition) is 8. The van der Waals surface area contributed by atoms with E-state index in [2.05, 4.69) is 33.0 Å². The molecule has 3 N–H and O–H groups in total. The summed E-state index contributed by atoms with van der Waals surface area (Å²) in [5, 5.41) is 15.9. The number of ether oxygens (including phenoxy) is 2. The van der Waals surface area contributed by atoms with Gasteiger partial charge in [-0.25, -0.2) is 23.1 Å². The predicted octanol–water partition coefficient (Wildman–Crippen LogP) is 5.37. The molecule has 0 amide bonds. The Labute approximate surface area is 265 Å². The van der Waals surface area contributed by atoms with Crippen LogP contribution in [0.4, 0.5) is 26.3 Å². The molecule has 1 aliphatic heterocycles. The molecule has 4 aromatic rings. The van der Waals surface area contributed by atoms with Crippen LogP contribution >= 0.6 is 0 Å². The van der Waals surface area contributed by atoms with Crippen molar-refractivity contribution in [3.05, 3.63) is 130 Å². The lowest BCUT2D eigenvalue weighted by Gasteiger charge is -2.38. The number of nitrogens with zero attached hydrogens (tertiary/aromatic N) is 3. The van der Waals surface area contributed by atoms with Gasteiger partial charge >= 0.3 is 5.92 Å². The van der Waals surface area contributed by atoms with E-state index in [1.807, 2.05) is 12.1 Å². The van der Waals surface area contributed by atoms with E-state index in [1.54, 1.807) is 36.4 Å². The molecule has 3 aromatic carbocycles. The maximum absolute atomic E-state index is 15.9. The molecule has 0 aliphatic carbocycles. The van der Waals surface area contributed by atoms with Crippen LogP contribution in [0.3, 0.4) is 0 Å². The average molecular weight is 656 g/mol. The molecule has 0 saturated heterocycles. The first-order chi connectivity index (χ1) is 22.5. The molecule has 1 aromatic heterocycles. The molecule has 8 nitrogen and oxygen atoms in total. The van der Waals surface area contributed by atoms with Crippen molar-refractivity contribution in [3.8, 4) is 17.6 Å². The number of hydrogen-bond donors (Lipinski definition) is 3. The first-order valence-electron chi connectivity index (χ1n) is 14.0. The smallest absolute Gasteiger partial charge is 0.323 e. The van der Waals surface area contributed by atoms with E-state index in [1.165, 1.54) is 6.07 Å². The van der Waals surface area contributed by atoms with E-state index in [-0.39, 0.29) is 13.2 Å². The Morgan fingerprint density at radius 1 is 0.872 bits per heavy atom. The van der Waals surface area contributed by atoms with Gasteiger partial charge in [-0.3, -0.25) is 9.99 Å². The standard InChI is InChI=1S/C33H27F6N5O3/c34-26-10-13-28(29(35)15-26)32(45,20-44-21-41-42-43-44)33(38,39)30-14-9-23(16-40-30)2-1-22-7-11-27(12-8-22)47-18-25-5-3-24(4-6-25)17-46-19-31(36)37/h3-16,21,31,42-43,45H,17-20H2. The third-order valence-corrected chi connectivity index (χ3v) is 6.98. The number of benzene rings is 3. The maximum atomic E-state index is 15.9. The monoisotopic (exact) mass is 655 g/mol. The number of aromatic nitrogens is 1. The van der Waals surface area contributed by atoms with E-state index in [0.29, 0.717) is 22.9 Å². The molecule has 244 valence electrons. The van der Waals surface area contributed by atoms with Gasteiger partial charge < -0.3 is 14.6 Å². The normalized spacial score (nSPS) is 14.0. The summed E-state index contributed by atoms with van der Waals surface area (Å²) in [7, 11) is 0. The van der Waals surface area contributed by atoms with Gasteiger partial charge in [-0.15, -0.1) is 5.53 Å². The topological polar surface area (TPSA) is 91.2 Å². The van der Waals surface area contributed by atoms with Gasteiger partial charge in [-0.05, 0) is 59.7 Å². The van der Waals surface area contributed by atoms with Crippen molar-refractivity contribution < 1.29 is 40.9 Å². The molecule has 5 rings (SSSR count). The molecule has 2 heterocycles. The Hall–Kier alpha value is -5.10. The number of pyridine rings is 1. The highest BCUT2D eigenvalue weighted by atomic mass is 19.3. The first kappa shape index (κ1) is 33.3. The molecule has 0 bridgehead atoms. The van der Waals surface area contributed by atoms with Gasteiger partial charge in [0.1, 0.15) is 42.6 Å². The van der Waals surface area contributed by atoms with Crippen molar-refractivity contribution in [2.24, 2.45) is 5.10 Å². The lowest BCUT2D eigenvalue weighted by Crippen LogP contribution is -2.54. The van der Waals surface area contributed by atoms with Crippen molar-refractivity contribution in [2.75, 3.05) is 13.2 Å². The molecule has 1 atom stereocenters. The predicted molar refractivity (Wildman–Crippen MR) is 159 cm³/mol. The summed E-state index contributed by atoms with van der Waals surface area (Å²) in [4.78, 5) is 3.82. The Balaban J connectivity index is 1.23. The van der Waals surface area contributed by atoms with Crippen LogP contribution in [-0.4, -0.2) is 41.0 Å². The van der Waals surface area contributed by atoms with Gasteiger partial charge in [-0.1, -0.05) is 36.1 Å². The van der Waals surface area contributed by atoms with E-state index in [4.69, 9.17) is 9.47 Å². The van der Waals surface area contributed by atoms with Crippen molar-refractivity contribution in [2.45, 2.75) is 31.2 Å². The molecule has 0 spiro atoms. The molecule has 0 fully saturated rings. The summed E-state index contributed by atoms with van der Waals surface area (Å²) in [6.07, 6.45) is -0.336. The second kappa shape index (κ2) is 14.5. The Bertz CT molecular complexity index is 1750. The van der Waals surface area contributed by atoms with Gasteiger partial charge in [-0.2, -0.15) is 13.9 Å². The summed E-state index contributed by atoms with van der Waals surface area (Å²) >= 11 is 0. The van der Waals surface area contributed by atoms with Crippen molar-refractivity contribution >= 4 is 6.34 Å². The molecule has 0 saturated carbocycles. The molecular weight excluding hydrogens is 628 g/mol. The number of halogens is 6. The van der Waals surface area contributed by atoms with Crippen LogP contribution in [0.5, 0.6) is 5.75 Å². The van der Waals surface area contributed by atoms with Gasteiger partial charge in [0.15, 0.2) is 5.60 Å². The minimum atomic E-state index is -4.15. The highest BCUT2D eigenvalue weighted by Gasteiger charge is 2.58. The highest BCUT2D eigenvalue weighted by Crippen LogP contribution is 2.46. The molecule has 14 heteroatoms. The number of nitrogens with one attached hydrogen (secondary N) is 2. The Morgan fingerprint density at radius 3 is 2.17 bits per heavy atom. The summed E-state index contributed by atoms with van der Waals surface area (Å²) in [6, 6.07) is 18.2. The first-order valence-corrected chi connectivity index (χ1v) is 14.0. The molecule has 47 heavy (non-hydrogen) atoms. The van der Waals surface area contributed by atoms with Crippen LogP contribution in [0.2, 0.25) is 0 Å². The van der Waals surface area contributed by atoms with Crippen LogP contribution in [0.15, 0.2) is 90.2 Å². The Kier molecular flexibility index (Phi) is 10.3. The van der Waals surface area contributed by atoms with Crippen LogP contribution < -0.4 is 15.8 Å². The van der Waals surface area contributed by atoms with Gasteiger partial charge in [0.05, 0.1) is 13.2 Å². The summed E-state index contributed by atoms with van der Waals surface area (Å²) in [5.74, 6) is -0.203. The minimum absolute atomic E-state index is 0.0910. The molecule has 1 aliphatic rings. The van der Waals surface area contributed by atoms with Crippen LogP contribution in [-0.2, 0) is 29.5 Å². The van der Waals surface area contributed by atoms with Crippen LogP contribution in [0, 0.1) is 23.5 Å². The van der Waals surface area contributed by atoms with Crippen molar-refractivity contribution in [1.82, 2.24) is 21.1 Å². The third-order valence-electron chi connectivity index (χ3n) is 6.98. The second-order valence-corrected chi connectivity index (χ2v) is 10.4. The van der Waals surface area contributed by atoms with Crippen molar-refractivity contribution in [1.29, 1.82) is 0 Å². The van der Waals surface area contributed by atoms with Crippen molar-refractivity contribution in [3.63, 3.8) is 0 Å². The second-order valence-electron chi connectivity index (χ2n) is 10.4. The lowest BCUT2D eigenvalue weighted by molar-refractivity contribution is -0.206. The third kappa shape index (κ3) is 8.20. The average Bonchev–Trinajstić information content (AvgIpc) is 3.56. The van der Waals surface area contributed by atoms with Gasteiger partial charge in [0.2, 0.25) is 0 Å². The van der Waals surface area contributed by atoms with E-state index >= 15 is 8.78 Å². The summed E-state index contributed by atoms with van der Waals surface area (Å²) in [5.41, 5.74) is 2.34. The van der Waals surface area contributed by atoms with E-state index < -0.39 is 54.0 Å². The zero-order valence-electron chi connectivity index (χ0n) is 24.4. The minimum Gasteiger partial charge on any atom is -0.489 e. The quantitative estimate of drug-likeness (QED) is 0.140. The number of alkyl halides is 4. The van der Waals surface area contributed by atoms with E-state index in [9.17, 15) is 22.7 Å². The lowest BCUT2D eigenvalue weighted by atomic mass is 9.84. The van der Waals surface area contributed by atoms with Gasteiger partial charge in [0, 0.05) is 29.0 Å². The summed E-state index contributed by atoms with van der Waals surface area (Å²) in [6.45, 7) is -1.13. The fraction of sp³-hybridized carbons (Fsp3) is 0.212. The number of hydrazine groups is 2. The summed E-state index contributed by atoms with van der Waals surface area (Å²) < 4.78 is 95.2. The zero-order chi connectivity index (χ0) is 33.4. The largest absolute Gasteiger partial charge is 0.489 e. The fourth-order valence-corrected chi connectivity index (χ4v) is 4.53. The fourth-order valence-electron chi connectivity index (χ4n) is 4.53.